The molecule has 2 aromatic rings. The van der Waals surface area contributed by atoms with Crippen LogP contribution in [0.2, 0.25) is 0 Å². The number of carbonyl (C=O) groups is 1. The first-order valence-electron chi connectivity index (χ1n) is 7.46. The third kappa shape index (κ3) is 3.51. The molecule has 1 saturated heterocycles. The minimum atomic E-state index is 0.160. The number of likely N-dealkylation sites (tertiary alicyclic amines) is 1. The molecular formula is C15H21N5O. The number of piperidine rings is 1. The Balaban J connectivity index is 1.56. The largest absolute Gasteiger partial charge is 0.341 e. The molecule has 1 amide bonds. The Bertz CT molecular complexity index is 589. The molecule has 2 aromatic heterocycles. The van der Waals surface area contributed by atoms with Crippen LogP contribution in [0.3, 0.4) is 0 Å². The Morgan fingerprint density at radius 3 is 3.14 bits per heavy atom. The van der Waals surface area contributed by atoms with Gasteiger partial charge in [-0.2, -0.15) is 10.2 Å². The molecule has 112 valence electrons. The van der Waals surface area contributed by atoms with Gasteiger partial charge in [0.25, 0.3) is 0 Å². The molecule has 21 heavy (non-hydrogen) atoms. The number of hydrogen-bond donors (Lipinski definition) is 1. The lowest BCUT2D eigenvalue weighted by Crippen LogP contribution is -2.42. The van der Waals surface area contributed by atoms with E-state index >= 15 is 0 Å². The van der Waals surface area contributed by atoms with E-state index in [0.29, 0.717) is 12.5 Å². The van der Waals surface area contributed by atoms with Crippen molar-refractivity contribution >= 4 is 5.91 Å². The van der Waals surface area contributed by atoms with Gasteiger partial charge in [0.15, 0.2) is 0 Å². The van der Waals surface area contributed by atoms with Gasteiger partial charge in [-0.3, -0.25) is 14.6 Å². The number of nitrogens with one attached hydrogen (secondary N) is 1. The predicted octanol–water partition coefficient (Wildman–Crippen LogP) is 1.40. The molecule has 6 nitrogen and oxygen atoms in total. The highest BCUT2D eigenvalue weighted by Crippen LogP contribution is 2.20. The predicted molar refractivity (Wildman–Crippen MR) is 78.6 cm³/mol. The summed E-state index contributed by atoms with van der Waals surface area (Å²) in [5, 5.41) is 11.2. The summed E-state index contributed by atoms with van der Waals surface area (Å²) >= 11 is 0. The van der Waals surface area contributed by atoms with E-state index < -0.39 is 0 Å². The highest BCUT2D eigenvalue weighted by molar-refractivity contribution is 5.76. The first-order valence-corrected chi connectivity index (χ1v) is 7.46. The van der Waals surface area contributed by atoms with Gasteiger partial charge in [-0.15, -0.1) is 0 Å². The summed E-state index contributed by atoms with van der Waals surface area (Å²) in [4.78, 5) is 14.3. The molecule has 1 unspecified atom stereocenters. The molecule has 1 fully saturated rings. The van der Waals surface area contributed by atoms with Crippen LogP contribution in [-0.4, -0.2) is 43.9 Å². The maximum Gasteiger partial charge on any atom is 0.244 e. The van der Waals surface area contributed by atoms with Gasteiger partial charge in [0.05, 0.1) is 6.20 Å². The summed E-state index contributed by atoms with van der Waals surface area (Å²) < 4.78 is 1.72. The van der Waals surface area contributed by atoms with Crippen molar-refractivity contribution in [3.05, 3.63) is 35.9 Å². The van der Waals surface area contributed by atoms with Gasteiger partial charge >= 0.3 is 0 Å². The average Bonchev–Trinajstić information content (AvgIpc) is 3.11. The number of carbonyl (C=O) groups excluding carboxylic acids is 1. The molecule has 0 aromatic carbocycles. The van der Waals surface area contributed by atoms with E-state index in [1.807, 2.05) is 24.1 Å². The number of rotatable bonds is 4. The summed E-state index contributed by atoms with van der Waals surface area (Å²) in [6.45, 7) is 4.01. The van der Waals surface area contributed by atoms with Crippen molar-refractivity contribution in [3.8, 4) is 0 Å². The minimum Gasteiger partial charge on any atom is -0.341 e. The second kappa shape index (κ2) is 6.11. The van der Waals surface area contributed by atoms with Crippen molar-refractivity contribution in [1.82, 2.24) is 24.9 Å². The maximum absolute atomic E-state index is 12.4. The van der Waals surface area contributed by atoms with Gasteiger partial charge < -0.3 is 4.90 Å². The van der Waals surface area contributed by atoms with Crippen molar-refractivity contribution in [1.29, 1.82) is 0 Å². The van der Waals surface area contributed by atoms with Crippen LogP contribution in [0, 0.1) is 12.8 Å². The molecule has 0 saturated carbocycles. The molecule has 3 rings (SSSR count). The first-order chi connectivity index (χ1) is 10.2. The topological polar surface area (TPSA) is 66.8 Å². The number of H-pyrrole nitrogens is 1. The van der Waals surface area contributed by atoms with E-state index in [-0.39, 0.29) is 5.91 Å². The number of nitrogens with zero attached hydrogens (tertiary/aromatic N) is 4. The Kier molecular flexibility index (Phi) is 4.03. The quantitative estimate of drug-likeness (QED) is 0.924. The standard InChI is InChI=1S/C15H21N5O/c1-12-8-17-20(9-12)11-15(21)19-6-2-3-13(10-19)7-14-4-5-16-18-14/h4-5,8-9,13H,2-3,6-7,10-11H2,1H3,(H,16,18). The van der Waals surface area contributed by atoms with Gasteiger partial charge in [0, 0.05) is 31.2 Å². The first kappa shape index (κ1) is 13.9. The normalized spacial score (nSPS) is 18.9. The Morgan fingerprint density at radius 2 is 2.43 bits per heavy atom. The third-order valence-electron chi connectivity index (χ3n) is 4.00. The fourth-order valence-corrected chi connectivity index (χ4v) is 2.96. The molecule has 0 spiro atoms. The SMILES string of the molecule is Cc1cnn(CC(=O)N2CCCC(Cc3ccn[nH]3)C2)c1. The van der Waals surface area contributed by atoms with E-state index in [9.17, 15) is 4.79 Å². The second-order valence-electron chi connectivity index (χ2n) is 5.85. The summed E-state index contributed by atoms with van der Waals surface area (Å²) in [5.74, 6) is 0.676. The molecule has 0 aliphatic carbocycles. The zero-order valence-corrected chi connectivity index (χ0v) is 12.3. The zero-order chi connectivity index (χ0) is 14.7. The summed E-state index contributed by atoms with van der Waals surface area (Å²) in [5.41, 5.74) is 2.23. The van der Waals surface area contributed by atoms with Crippen molar-refractivity contribution < 1.29 is 4.79 Å². The van der Waals surface area contributed by atoms with Crippen LogP contribution >= 0.6 is 0 Å². The minimum absolute atomic E-state index is 0.160. The van der Waals surface area contributed by atoms with Crippen molar-refractivity contribution in [2.24, 2.45) is 5.92 Å². The lowest BCUT2D eigenvalue weighted by Gasteiger charge is -2.32. The molecule has 1 aliphatic rings. The number of aryl methyl sites for hydroxylation is 1. The summed E-state index contributed by atoms with van der Waals surface area (Å²) in [7, 11) is 0. The van der Waals surface area contributed by atoms with Gasteiger partial charge in [-0.05, 0) is 43.7 Å². The van der Waals surface area contributed by atoms with Crippen LogP contribution in [0.4, 0.5) is 0 Å². The Labute approximate surface area is 124 Å². The van der Waals surface area contributed by atoms with E-state index in [2.05, 4.69) is 15.3 Å². The van der Waals surface area contributed by atoms with Crippen LogP contribution < -0.4 is 0 Å². The number of amides is 1. The van der Waals surface area contributed by atoms with E-state index in [4.69, 9.17) is 0 Å². The van der Waals surface area contributed by atoms with E-state index in [0.717, 1.165) is 37.2 Å². The van der Waals surface area contributed by atoms with Gasteiger partial charge in [0.2, 0.25) is 5.91 Å². The lowest BCUT2D eigenvalue weighted by molar-refractivity contribution is -0.133. The number of aromatic amines is 1. The fourth-order valence-electron chi connectivity index (χ4n) is 2.96. The van der Waals surface area contributed by atoms with Crippen LogP contribution in [0.1, 0.15) is 24.1 Å². The molecule has 0 radical (unpaired) electrons. The number of hydrogen-bond acceptors (Lipinski definition) is 3. The summed E-state index contributed by atoms with van der Waals surface area (Å²) in [6.07, 6.45) is 8.67. The lowest BCUT2D eigenvalue weighted by atomic mass is 9.93. The van der Waals surface area contributed by atoms with E-state index in [1.54, 1.807) is 17.1 Å². The Morgan fingerprint density at radius 1 is 1.52 bits per heavy atom. The van der Waals surface area contributed by atoms with Crippen LogP contribution in [0.15, 0.2) is 24.7 Å². The molecule has 1 aliphatic heterocycles. The summed E-state index contributed by atoms with van der Waals surface area (Å²) in [6, 6.07) is 2.01. The van der Waals surface area contributed by atoms with Crippen LogP contribution in [0.25, 0.3) is 0 Å². The molecular weight excluding hydrogens is 266 g/mol. The van der Waals surface area contributed by atoms with E-state index in [1.165, 1.54) is 6.42 Å². The highest BCUT2D eigenvalue weighted by atomic mass is 16.2. The van der Waals surface area contributed by atoms with Crippen molar-refractivity contribution in [2.75, 3.05) is 13.1 Å². The maximum atomic E-state index is 12.4. The van der Waals surface area contributed by atoms with Gasteiger partial charge in [0.1, 0.15) is 6.54 Å². The highest BCUT2D eigenvalue weighted by Gasteiger charge is 2.24. The number of aromatic nitrogens is 4. The fraction of sp³-hybridized carbons (Fsp3) is 0.533. The zero-order valence-electron chi connectivity index (χ0n) is 12.3. The van der Waals surface area contributed by atoms with Crippen LogP contribution in [0.5, 0.6) is 0 Å². The Hall–Kier alpha value is -2.11. The third-order valence-corrected chi connectivity index (χ3v) is 4.00. The van der Waals surface area contributed by atoms with Gasteiger partial charge in [-0.25, -0.2) is 0 Å². The van der Waals surface area contributed by atoms with Crippen LogP contribution in [-0.2, 0) is 17.8 Å². The monoisotopic (exact) mass is 287 g/mol. The molecule has 1 N–H and O–H groups in total. The molecule has 0 bridgehead atoms. The second-order valence-corrected chi connectivity index (χ2v) is 5.85. The van der Waals surface area contributed by atoms with Gasteiger partial charge in [-0.1, -0.05) is 0 Å². The van der Waals surface area contributed by atoms with Crippen molar-refractivity contribution in [2.45, 2.75) is 32.7 Å². The molecule has 3 heterocycles. The molecule has 1 atom stereocenters. The smallest absolute Gasteiger partial charge is 0.244 e. The van der Waals surface area contributed by atoms with Crippen molar-refractivity contribution in [3.63, 3.8) is 0 Å². The average molecular weight is 287 g/mol. The molecule has 6 heteroatoms.